The van der Waals surface area contributed by atoms with Crippen molar-refractivity contribution in [2.45, 2.75) is 75.7 Å². The minimum absolute atomic E-state index is 0.136. The Kier molecular flexibility index (Phi) is 9.97. The number of fused-ring (bicyclic) bond motifs is 1. The topological polar surface area (TPSA) is 96.4 Å². The highest BCUT2D eigenvalue weighted by Gasteiger charge is 2.75. The fourth-order valence-corrected chi connectivity index (χ4v) is 6.55. The Morgan fingerprint density at radius 3 is 2.62 bits per heavy atom. The molecule has 3 fully saturated rings. The molecule has 3 aliphatic heterocycles. The van der Waals surface area contributed by atoms with Crippen LogP contribution in [0.15, 0.2) is 55.6 Å². The molecule has 1 N–H and O–H groups in total. The lowest BCUT2D eigenvalue weighted by molar-refractivity contribution is -0.155. The lowest BCUT2D eigenvalue weighted by Crippen LogP contribution is -2.56. The molecule has 212 valence electrons. The number of carbonyl (C=O) groups excluding carboxylic acids is 3. The number of aliphatic hydroxyl groups excluding tert-OH is 1. The van der Waals surface area contributed by atoms with Crippen molar-refractivity contribution in [3.8, 4) is 0 Å². The number of ether oxygens (including phenoxy) is 2. The fraction of sp³-hybridized carbons (Fsp3) is 0.581. The molecule has 3 heterocycles. The molecule has 1 aromatic rings. The molecular weight excluding hydrogens is 496 g/mol. The van der Waals surface area contributed by atoms with Crippen LogP contribution in [0, 0.1) is 11.8 Å². The highest BCUT2D eigenvalue weighted by Crippen LogP contribution is 2.58. The number of amides is 2. The van der Waals surface area contributed by atoms with Gasteiger partial charge in [-0.3, -0.25) is 14.4 Å². The highest BCUT2D eigenvalue weighted by atomic mass is 16.6. The number of carbonyl (C=O) groups is 3. The molecule has 2 bridgehead atoms. The van der Waals surface area contributed by atoms with Crippen LogP contribution in [0.4, 0.5) is 0 Å². The number of benzene rings is 1. The van der Waals surface area contributed by atoms with Gasteiger partial charge in [0.2, 0.25) is 11.8 Å². The van der Waals surface area contributed by atoms with E-state index in [0.717, 1.165) is 24.8 Å². The standard InChI is InChI=1S/C31H42N2O6/c1-3-5-13-21-38-30(37)25-24-16-17-31(39-24)26(25)28(35)33(19-11-6-7-12-20-34)27(31)29(36)32(18-4-2)22-23-14-9-8-10-15-23/h3-4,8-10,14-15,24-27,34H,1-2,5-7,11-13,16-22H2/t24-,25+,26+,27?,31?/m1/s1. The first-order valence-corrected chi connectivity index (χ1v) is 14.3. The van der Waals surface area contributed by atoms with Crippen LogP contribution in [-0.4, -0.2) is 76.7 Å². The van der Waals surface area contributed by atoms with Gasteiger partial charge in [0.15, 0.2) is 0 Å². The normalized spacial score (nSPS) is 26.9. The van der Waals surface area contributed by atoms with E-state index in [4.69, 9.17) is 14.6 Å². The maximum Gasteiger partial charge on any atom is 0.312 e. The Balaban J connectivity index is 1.61. The number of esters is 1. The Morgan fingerprint density at radius 2 is 1.90 bits per heavy atom. The van der Waals surface area contributed by atoms with Crippen LogP contribution < -0.4 is 0 Å². The van der Waals surface area contributed by atoms with Gasteiger partial charge in [0, 0.05) is 26.2 Å². The molecule has 1 spiro atoms. The quantitative estimate of drug-likeness (QED) is 0.196. The Morgan fingerprint density at radius 1 is 1.13 bits per heavy atom. The minimum Gasteiger partial charge on any atom is -0.465 e. The average molecular weight is 539 g/mol. The van der Waals surface area contributed by atoms with E-state index in [9.17, 15) is 14.4 Å². The Labute approximate surface area is 231 Å². The first-order valence-electron chi connectivity index (χ1n) is 14.3. The van der Waals surface area contributed by atoms with Gasteiger partial charge in [-0.25, -0.2) is 0 Å². The first-order chi connectivity index (χ1) is 19.0. The smallest absolute Gasteiger partial charge is 0.312 e. The van der Waals surface area contributed by atoms with Gasteiger partial charge in [0.05, 0.1) is 24.5 Å². The predicted octanol–water partition coefficient (Wildman–Crippen LogP) is 3.64. The lowest BCUT2D eigenvalue weighted by Gasteiger charge is -2.37. The molecule has 8 nitrogen and oxygen atoms in total. The molecule has 3 aliphatic rings. The molecular formula is C31H42N2O6. The largest absolute Gasteiger partial charge is 0.465 e. The van der Waals surface area contributed by atoms with Crippen LogP contribution in [0.25, 0.3) is 0 Å². The third-order valence-corrected chi connectivity index (χ3v) is 8.29. The Hall–Kier alpha value is -2.97. The number of likely N-dealkylation sites (tertiary alicyclic amines) is 1. The van der Waals surface area contributed by atoms with E-state index in [0.29, 0.717) is 51.7 Å². The molecule has 0 aromatic heterocycles. The number of aliphatic hydroxyl groups is 1. The molecule has 4 rings (SSSR count). The third kappa shape index (κ3) is 5.97. The average Bonchev–Trinajstić information content (AvgIpc) is 3.58. The number of nitrogens with zero attached hydrogens (tertiary/aromatic N) is 2. The van der Waals surface area contributed by atoms with Gasteiger partial charge in [0.1, 0.15) is 11.6 Å². The van der Waals surface area contributed by atoms with Crippen molar-refractivity contribution in [3.63, 3.8) is 0 Å². The number of hydrogen-bond acceptors (Lipinski definition) is 6. The van der Waals surface area contributed by atoms with E-state index >= 15 is 0 Å². The summed E-state index contributed by atoms with van der Waals surface area (Å²) in [6.45, 7) is 9.09. The molecule has 2 unspecified atom stereocenters. The van der Waals surface area contributed by atoms with Gasteiger partial charge in [-0.1, -0.05) is 55.3 Å². The van der Waals surface area contributed by atoms with E-state index in [1.165, 1.54) is 0 Å². The predicted molar refractivity (Wildman–Crippen MR) is 147 cm³/mol. The van der Waals surface area contributed by atoms with Crippen LogP contribution in [0.3, 0.4) is 0 Å². The maximum absolute atomic E-state index is 14.3. The summed E-state index contributed by atoms with van der Waals surface area (Å²) in [5, 5.41) is 9.13. The number of allylic oxidation sites excluding steroid dienone is 1. The van der Waals surface area contributed by atoms with Crippen LogP contribution >= 0.6 is 0 Å². The van der Waals surface area contributed by atoms with Crippen LogP contribution in [-0.2, 0) is 30.4 Å². The Bertz CT molecular complexity index is 1030. The van der Waals surface area contributed by atoms with Crippen LogP contribution in [0.1, 0.15) is 56.9 Å². The maximum atomic E-state index is 14.3. The van der Waals surface area contributed by atoms with E-state index in [-0.39, 0.29) is 25.0 Å². The van der Waals surface area contributed by atoms with Crippen molar-refractivity contribution < 1.29 is 29.0 Å². The fourth-order valence-electron chi connectivity index (χ4n) is 6.55. The molecule has 1 aromatic carbocycles. The van der Waals surface area contributed by atoms with Gasteiger partial charge < -0.3 is 24.4 Å². The van der Waals surface area contributed by atoms with Crippen molar-refractivity contribution >= 4 is 17.8 Å². The van der Waals surface area contributed by atoms with Crippen molar-refractivity contribution in [1.82, 2.24) is 9.80 Å². The number of hydrogen-bond donors (Lipinski definition) is 1. The third-order valence-electron chi connectivity index (χ3n) is 8.29. The van der Waals surface area contributed by atoms with E-state index < -0.39 is 35.6 Å². The summed E-state index contributed by atoms with van der Waals surface area (Å²) in [6.07, 6.45) is 8.74. The highest BCUT2D eigenvalue weighted by molar-refractivity contribution is 5.98. The second-order valence-corrected chi connectivity index (χ2v) is 10.8. The molecule has 0 aliphatic carbocycles. The van der Waals surface area contributed by atoms with Crippen molar-refractivity contribution in [2.75, 3.05) is 26.3 Å². The van der Waals surface area contributed by atoms with Crippen molar-refractivity contribution in [3.05, 3.63) is 61.2 Å². The van der Waals surface area contributed by atoms with Crippen LogP contribution in [0.5, 0.6) is 0 Å². The first kappa shape index (κ1) is 29.0. The van der Waals surface area contributed by atoms with E-state index in [1.807, 2.05) is 30.3 Å². The minimum atomic E-state index is -1.04. The van der Waals surface area contributed by atoms with Gasteiger partial charge in [0.25, 0.3) is 0 Å². The molecule has 0 radical (unpaired) electrons. The molecule has 3 saturated heterocycles. The summed E-state index contributed by atoms with van der Waals surface area (Å²) in [6, 6.07) is 8.94. The van der Waals surface area contributed by atoms with Crippen molar-refractivity contribution in [2.24, 2.45) is 11.8 Å². The van der Waals surface area contributed by atoms with Gasteiger partial charge in [-0.15, -0.1) is 13.2 Å². The second-order valence-electron chi connectivity index (χ2n) is 10.8. The van der Waals surface area contributed by atoms with Gasteiger partial charge in [-0.2, -0.15) is 0 Å². The molecule has 8 heteroatoms. The SMILES string of the molecule is C=CCCCOC(=O)[C@@H]1[C@H]2C(=O)N(CCCCCCO)C(C(=O)N(CC=C)Cc3ccccc3)C23CC[C@H]1O3. The molecule has 39 heavy (non-hydrogen) atoms. The van der Waals surface area contributed by atoms with Crippen LogP contribution in [0.2, 0.25) is 0 Å². The zero-order valence-corrected chi connectivity index (χ0v) is 22.8. The number of rotatable bonds is 16. The summed E-state index contributed by atoms with van der Waals surface area (Å²) in [5.41, 5.74) is -0.0515. The summed E-state index contributed by atoms with van der Waals surface area (Å²) in [4.78, 5) is 45.0. The van der Waals surface area contributed by atoms with Crippen molar-refractivity contribution in [1.29, 1.82) is 0 Å². The molecule has 2 amide bonds. The zero-order valence-electron chi connectivity index (χ0n) is 22.8. The molecule has 0 saturated carbocycles. The van der Waals surface area contributed by atoms with Gasteiger partial charge >= 0.3 is 5.97 Å². The van der Waals surface area contributed by atoms with E-state index in [2.05, 4.69) is 13.2 Å². The summed E-state index contributed by atoms with van der Waals surface area (Å²) in [7, 11) is 0. The summed E-state index contributed by atoms with van der Waals surface area (Å²) in [5.74, 6) is -2.20. The molecule has 5 atom stereocenters. The summed E-state index contributed by atoms with van der Waals surface area (Å²) < 4.78 is 12.1. The zero-order chi connectivity index (χ0) is 27.8. The van der Waals surface area contributed by atoms with E-state index in [1.54, 1.807) is 22.0 Å². The number of unbranched alkanes of at least 4 members (excludes halogenated alkanes) is 4. The lowest BCUT2D eigenvalue weighted by atomic mass is 9.70. The van der Waals surface area contributed by atoms with Gasteiger partial charge in [-0.05, 0) is 44.1 Å². The summed E-state index contributed by atoms with van der Waals surface area (Å²) >= 11 is 0. The second kappa shape index (κ2) is 13.4. The monoisotopic (exact) mass is 538 g/mol.